The fourth-order valence-electron chi connectivity index (χ4n) is 1.72. The summed E-state index contributed by atoms with van der Waals surface area (Å²) in [5.41, 5.74) is 1.41. The molecule has 0 saturated carbocycles. The molecule has 0 bridgehead atoms. The van der Waals surface area contributed by atoms with Crippen molar-refractivity contribution in [2.24, 2.45) is 0 Å². The molecule has 1 atom stereocenters. The maximum Gasteiger partial charge on any atom is 0.236 e. The van der Waals surface area contributed by atoms with Gasteiger partial charge in [-0.15, -0.1) is 11.6 Å². The van der Waals surface area contributed by atoms with E-state index < -0.39 is 6.29 Å². The molecule has 0 saturated heterocycles. The van der Waals surface area contributed by atoms with Crippen molar-refractivity contribution in [3.05, 3.63) is 35.4 Å². The normalized spacial score (nSPS) is 17.3. The minimum Gasteiger partial charge on any atom is -0.459 e. The lowest BCUT2D eigenvalue weighted by molar-refractivity contribution is -0.0531. The van der Waals surface area contributed by atoms with Crippen molar-refractivity contribution in [3.8, 4) is 11.8 Å². The SMILES string of the molecule is N#CC1=Cc2ccccc2OC1OCCCCCl. The third-order valence-electron chi connectivity index (χ3n) is 2.64. The van der Waals surface area contributed by atoms with Crippen molar-refractivity contribution < 1.29 is 9.47 Å². The van der Waals surface area contributed by atoms with Crippen LogP contribution >= 0.6 is 11.6 Å². The standard InChI is InChI=1S/C14H14ClNO2/c15-7-3-4-8-17-14-12(10-16)9-11-5-1-2-6-13(11)18-14/h1-2,5-6,9,14H,3-4,7-8H2. The topological polar surface area (TPSA) is 42.2 Å². The van der Waals surface area contributed by atoms with E-state index in [0.717, 1.165) is 24.2 Å². The molecule has 0 N–H and O–H groups in total. The second kappa shape index (κ2) is 6.44. The number of alkyl halides is 1. The van der Waals surface area contributed by atoms with Gasteiger partial charge in [0.2, 0.25) is 6.29 Å². The number of fused-ring (bicyclic) bond motifs is 1. The molecule has 1 heterocycles. The van der Waals surface area contributed by atoms with Crippen LogP contribution in [0.15, 0.2) is 29.8 Å². The largest absolute Gasteiger partial charge is 0.459 e. The highest BCUT2D eigenvalue weighted by molar-refractivity contribution is 6.17. The van der Waals surface area contributed by atoms with Gasteiger partial charge in [0.25, 0.3) is 0 Å². The van der Waals surface area contributed by atoms with Crippen LogP contribution in [0.5, 0.6) is 5.75 Å². The van der Waals surface area contributed by atoms with Gasteiger partial charge < -0.3 is 9.47 Å². The Kier molecular flexibility index (Phi) is 4.63. The van der Waals surface area contributed by atoms with Gasteiger partial charge in [-0.3, -0.25) is 0 Å². The molecule has 1 aliphatic rings. The Labute approximate surface area is 112 Å². The van der Waals surface area contributed by atoms with Gasteiger partial charge in [-0.2, -0.15) is 5.26 Å². The van der Waals surface area contributed by atoms with Gasteiger partial charge >= 0.3 is 0 Å². The maximum absolute atomic E-state index is 9.09. The summed E-state index contributed by atoms with van der Waals surface area (Å²) in [6.45, 7) is 0.540. The monoisotopic (exact) mass is 263 g/mol. The molecule has 94 valence electrons. The molecule has 0 aliphatic carbocycles. The van der Waals surface area contributed by atoms with E-state index in [4.69, 9.17) is 26.3 Å². The van der Waals surface area contributed by atoms with E-state index in [1.54, 1.807) is 0 Å². The average Bonchev–Trinajstić information content (AvgIpc) is 2.42. The molecular formula is C14H14ClNO2. The molecule has 3 nitrogen and oxygen atoms in total. The van der Waals surface area contributed by atoms with E-state index in [0.29, 0.717) is 18.1 Å². The molecule has 0 aromatic heterocycles. The Morgan fingerprint density at radius 3 is 2.94 bits per heavy atom. The first kappa shape index (κ1) is 12.9. The van der Waals surface area contributed by atoms with Crippen LogP contribution in [0.25, 0.3) is 6.08 Å². The fourth-order valence-corrected chi connectivity index (χ4v) is 1.91. The second-order valence-electron chi connectivity index (χ2n) is 3.97. The van der Waals surface area contributed by atoms with Crippen LogP contribution in [0, 0.1) is 11.3 Å². The highest BCUT2D eigenvalue weighted by Crippen LogP contribution is 2.29. The Balaban J connectivity index is 2.03. The summed E-state index contributed by atoms with van der Waals surface area (Å²) in [5.74, 6) is 1.37. The van der Waals surface area contributed by atoms with Gasteiger partial charge in [0.05, 0.1) is 12.2 Å². The van der Waals surface area contributed by atoms with Gasteiger partial charge in [-0.25, -0.2) is 0 Å². The van der Waals surface area contributed by atoms with Crippen molar-refractivity contribution in [2.45, 2.75) is 19.1 Å². The van der Waals surface area contributed by atoms with Crippen molar-refractivity contribution >= 4 is 17.7 Å². The summed E-state index contributed by atoms with van der Waals surface area (Å²) in [7, 11) is 0. The van der Waals surface area contributed by atoms with Crippen molar-refractivity contribution in [1.82, 2.24) is 0 Å². The molecular weight excluding hydrogens is 250 g/mol. The summed E-state index contributed by atoms with van der Waals surface area (Å²) >= 11 is 5.60. The lowest BCUT2D eigenvalue weighted by Crippen LogP contribution is -2.25. The number of unbranched alkanes of at least 4 members (excludes halogenated alkanes) is 1. The van der Waals surface area contributed by atoms with E-state index in [9.17, 15) is 0 Å². The third kappa shape index (κ3) is 3.04. The van der Waals surface area contributed by atoms with Gasteiger partial charge in [0.1, 0.15) is 11.8 Å². The minimum absolute atomic E-state index is 0.500. The number of ether oxygens (including phenoxy) is 2. The summed E-state index contributed by atoms with van der Waals surface area (Å²) in [4.78, 5) is 0. The van der Waals surface area contributed by atoms with E-state index >= 15 is 0 Å². The molecule has 4 heteroatoms. The Morgan fingerprint density at radius 2 is 2.17 bits per heavy atom. The molecule has 0 amide bonds. The minimum atomic E-state index is -0.597. The van der Waals surface area contributed by atoms with Crippen LogP contribution in [0.3, 0.4) is 0 Å². The summed E-state index contributed by atoms with van der Waals surface area (Å²) in [6.07, 6.45) is 2.98. The number of para-hydroxylation sites is 1. The number of hydrogen-bond donors (Lipinski definition) is 0. The van der Waals surface area contributed by atoms with Gasteiger partial charge in [-0.1, -0.05) is 18.2 Å². The lowest BCUT2D eigenvalue weighted by atomic mass is 10.1. The molecule has 1 unspecified atom stereocenters. The van der Waals surface area contributed by atoms with Crippen LogP contribution in [-0.2, 0) is 4.74 Å². The summed E-state index contributed by atoms with van der Waals surface area (Å²) in [5, 5.41) is 9.09. The highest BCUT2D eigenvalue weighted by Gasteiger charge is 2.22. The molecule has 0 fully saturated rings. The Morgan fingerprint density at radius 1 is 1.33 bits per heavy atom. The summed E-state index contributed by atoms with van der Waals surface area (Å²) in [6, 6.07) is 9.71. The van der Waals surface area contributed by atoms with Crippen molar-refractivity contribution in [2.75, 3.05) is 12.5 Å². The number of benzene rings is 1. The predicted octanol–water partition coefficient (Wildman–Crippen LogP) is 3.35. The molecule has 1 aliphatic heterocycles. The van der Waals surface area contributed by atoms with E-state index in [-0.39, 0.29) is 0 Å². The first-order valence-corrected chi connectivity index (χ1v) is 6.43. The van der Waals surface area contributed by atoms with Crippen LogP contribution in [0.4, 0.5) is 0 Å². The van der Waals surface area contributed by atoms with Crippen LogP contribution in [0.2, 0.25) is 0 Å². The molecule has 2 rings (SSSR count). The zero-order valence-electron chi connectivity index (χ0n) is 9.93. The van der Waals surface area contributed by atoms with E-state index in [1.165, 1.54) is 0 Å². The second-order valence-corrected chi connectivity index (χ2v) is 4.34. The van der Waals surface area contributed by atoms with E-state index in [2.05, 4.69) is 6.07 Å². The van der Waals surface area contributed by atoms with Gasteiger partial charge in [-0.05, 0) is 25.0 Å². The zero-order valence-corrected chi connectivity index (χ0v) is 10.7. The lowest BCUT2D eigenvalue weighted by Gasteiger charge is -2.23. The predicted molar refractivity (Wildman–Crippen MR) is 70.4 cm³/mol. The first-order chi connectivity index (χ1) is 8.85. The van der Waals surface area contributed by atoms with E-state index in [1.807, 2.05) is 30.3 Å². The average molecular weight is 264 g/mol. The number of halogens is 1. The van der Waals surface area contributed by atoms with Gasteiger partial charge in [0.15, 0.2) is 0 Å². The van der Waals surface area contributed by atoms with Crippen molar-refractivity contribution in [1.29, 1.82) is 5.26 Å². The van der Waals surface area contributed by atoms with Gasteiger partial charge in [0, 0.05) is 11.4 Å². The quantitative estimate of drug-likeness (QED) is 0.604. The third-order valence-corrected chi connectivity index (χ3v) is 2.91. The highest BCUT2D eigenvalue weighted by atomic mass is 35.5. The molecule has 18 heavy (non-hydrogen) atoms. The Hall–Kier alpha value is -1.50. The summed E-state index contributed by atoms with van der Waals surface area (Å²) < 4.78 is 11.2. The number of nitriles is 1. The maximum atomic E-state index is 9.09. The smallest absolute Gasteiger partial charge is 0.236 e. The molecule has 0 radical (unpaired) electrons. The van der Waals surface area contributed by atoms with Crippen LogP contribution in [-0.4, -0.2) is 18.8 Å². The molecule has 0 spiro atoms. The molecule has 1 aromatic rings. The van der Waals surface area contributed by atoms with Crippen LogP contribution < -0.4 is 4.74 Å². The first-order valence-electron chi connectivity index (χ1n) is 5.90. The molecule has 1 aromatic carbocycles. The number of rotatable bonds is 5. The zero-order chi connectivity index (χ0) is 12.8. The number of hydrogen-bond acceptors (Lipinski definition) is 3. The fraction of sp³-hybridized carbons (Fsp3) is 0.357. The van der Waals surface area contributed by atoms with Crippen LogP contribution in [0.1, 0.15) is 18.4 Å². The van der Waals surface area contributed by atoms with Crippen molar-refractivity contribution in [3.63, 3.8) is 0 Å². The number of nitrogens with zero attached hydrogens (tertiary/aromatic N) is 1. The Bertz CT molecular complexity index is 479.